The second kappa shape index (κ2) is 6.81. The first-order chi connectivity index (χ1) is 9.63. The fourth-order valence-electron chi connectivity index (χ4n) is 2.16. The molecule has 1 aromatic carbocycles. The molecule has 2 rings (SSSR count). The van der Waals surface area contributed by atoms with Crippen LogP contribution in [-0.2, 0) is 6.42 Å². The van der Waals surface area contributed by atoms with Crippen LogP contribution in [0.1, 0.15) is 29.2 Å². The van der Waals surface area contributed by atoms with Gasteiger partial charge in [-0.1, -0.05) is 13.0 Å². The molecule has 0 aliphatic rings. The fourth-order valence-corrected chi connectivity index (χ4v) is 2.79. The van der Waals surface area contributed by atoms with Crippen molar-refractivity contribution in [2.75, 3.05) is 13.7 Å². The molecular formula is C15H19FN2OS. The predicted molar refractivity (Wildman–Crippen MR) is 79.9 cm³/mol. The van der Waals surface area contributed by atoms with Gasteiger partial charge in [0, 0.05) is 17.8 Å². The van der Waals surface area contributed by atoms with E-state index in [2.05, 4.69) is 15.7 Å². The molecule has 0 amide bonds. The summed E-state index contributed by atoms with van der Waals surface area (Å²) in [7, 11) is 1.47. The fraction of sp³-hybridized carbons (Fsp3) is 0.400. The van der Waals surface area contributed by atoms with Crippen molar-refractivity contribution in [3.8, 4) is 5.75 Å². The number of hydrogen-bond donors (Lipinski definition) is 1. The second-order valence-corrected chi connectivity index (χ2v) is 5.63. The number of nitrogens with one attached hydrogen (secondary N) is 1. The van der Waals surface area contributed by atoms with Gasteiger partial charge in [-0.05, 0) is 31.2 Å². The van der Waals surface area contributed by atoms with Crippen LogP contribution in [0.25, 0.3) is 0 Å². The normalized spacial score (nSPS) is 12.4. The molecule has 0 fully saturated rings. The lowest BCUT2D eigenvalue weighted by atomic mass is 10.0. The average Bonchev–Trinajstić information content (AvgIpc) is 2.83. The average molecular weight is 294 g/mol. The van der Waals surface area contributed by atoms with Crippen LogP contribution in [0.2, 0.25) is 0 Å². The van der Waals surface area contributed by atoms with E-state index in [1.54, 1.807) is 17.4 Å². The predicted octanol–water partition coefficient (Wildman–Crippen LogP) is 3.49. The molecule has 0 spiro atoms. The molecule has 0 bridgehead atoms. The Labute approximate surface area is 122 Å². The summed E-state index contributed by atoms with van der Waals surface area (Å²) in [5.74, 6) is -0.0594. The highest BCUT2D eigenvalue weighted by Gasteiger charge is 2.15. The van der Waals surface area contributed by atoms with E-state index in [9.17, 15) is 4.39 Å². The van der Waals surface area contributed by atoms with Crippen LogP contribution in [0.5, 0.6) is 5.75 Å². The van der Waals surface area contributed by atoms with Gasteiger partial charge in [0.2, 0.25) is 0 Å². The van der Waals surface area contributed by atoms with E-state index in [1.165, 1.54) is 13.2 Å². The van der Waals surface area contributed by atoms with Gasteiger partial charge in [-0.3, -0.25) is 0 Å². The second-order valence-electron chi connectivity index (χ2n) is 4.57. The minimum absolute atomic E-state index is 0.0573. The van der Waals surface area contributed by atoms with Crippen molar-refractivity contribution in [2.45, 2.75) is 26.3 Å². The van der Waals surface area contributed by atoms with Crippen molar-refractivity contribution >= 4 is 11.3 Å². The number of ether oxygens (including phenoxy) is 1. The molecule has 5 heteroatoms. The standard InChI is InChI=1S/C15H19FN2OS/c1-4-17-14(8-12-9-20-10(2)18-12)11-5-6-15(19-3)13(16)7-11/h5-7,9,14,17H,4,8H2,1-3H3. The first-order valence-corrected chi connectivity index (χ1v) is 7.49. The molecule has 1 N–H and O–H groups in total. The van der Waals surface area contributed by atoms with Gasteiger partial charge in [0.1, 0.15) is 0 Å². The van der Waals surface area contributed by atoms with Crippen molar-refractivity contribution in [1.82, 2.24) is 10.3 Å². The van der Waals surface area contributed by atoms with Gasteiger partial charge >= 0.3 is 0 Å². The number of methoxy groups -OCH3 is 1. The molecule has 0 aliphatic heterocycles. The topological polar surface area (TPSA) is 34.2 Å². The number of thiazole rings is 1. The summed E-state index contributed by atoms with van der Waals surface area (Å²) in [6.07, 6.45) is 0.754. The maximum absolute atomic E-state index is 13.8. The maximum Gasteiger partial charge on any atom is 0.165 e. The van der Waals surface area contributed by atoms with Gasteiger partial charge in [-0.2, -0.15) is 0 Å². The van der Waals surface area contributed by atoms with Gasteiger partial charge in [0.15, 0.2) is 11.6 Å². The van der Waals surface area contributed by atoms with Crippen LogP contribution in [0.15, 0.2) is 23.6 Å². The van der Waals surface area contributed by atoms with Gasteiger partial charge < -0.3 is 10.1 Å². The van der Waals surface area contributed by atoms with Crippen molar-refractivity contribution in [1.29, 1.82) is 0 Å². The Hall–Kier alpha value is -1.46. The molecule has 1 atom stereocenters. The van der Waals surface area contributed by atoms with E-state index in [0.717, 1.165) is 29.2 Å². The number of aromatic nitrogens is 1. The van der Waals surface area contributed by atoms with Crippen LogP contribution in [0, 0.1) is 12.7 Å². The molecule has 0 saturated heterocycles. The van der Waals surface area contributed by atoms with E-state index >= 15 is 0 Å². The third-order valence-corrected chi connectivity index (χ3v) is 3.93. The smallest absolute Gasteiger partial charge is 0.165 e. The summed E-state index contributed by atoms with van der Waals surface area (Å²) >= 11 is 1.64. The third kappa shape index (κ3) is 3.55. The summed E-state index contributed by atoms with van der Waals surface area (Å²) < 4.78 is 18.8. The molecule has 0 aliphatic carbocycles. The zero-order chi connectivity index (χ0) is 14.5. The van der Waals surface area contributed by atoms with E-state index < -0.39 is 0 Å². The van der Waals surface area contributed by atoms with Crippen LogP contribution < -0.4 is 10.1 Å². The zero-order valence-electron chi connectivity index (χ0n) is 11.9. The van der Waals surface area contributed by atoms with Crippen molar-refractivity contribution < 1.29 is 9.13 Å². The Bertz CT molecular complexity index is 571. The Morgan fingerprint density at radius 1 is 1.45 bits per heavy atom. The number of nitrogens with zero attached hydrogens (tertiary/aromatic N) is 1. The number of aryl methyl sites for hydroxylation is 1. The Morgan fingerprint density at radius 2 is 2.25 bits per heavy atom. The van der Waals surface area contributed by atoms with E-state index in [1.807, 2.05) is 19.9 Å². The number of benzene rings is 1. The minimum Gasteiger partial charge on any atom is -0.494 e. The highest BCUT2D eigenvalue weighted by atomic mass is 32.1. The van der Waals surface area contributed by atoms with Crippen molar-refractivity contribution in [3.63, 3.8) is 0 Å². The molecule has 3 nitrogen and oxygen atoms in total. The first kappa shape index (κ1) is 14.9. The van der Waals surface area contributed by atoms with Gasteiger partial charge in [-0.25, -0.2) is 9.37 Å². The van der Waals surface area contributed by atoms with Crippen molar-refractivity contribution in [2.24, 2.45) is 0 Å². The molecule has 2 aromatic rings. The number of rotatable bonds is 6. The number of hydrogen-bond acceptors (Lipinski definition) is 4. The highest BCUT2D eigenvalue weighted by molar-refractivity contribution is 7.09. The number of halogens is 1. The summed E-state index contributed by atoms with van der Waals surface area (Å²) in [4.78, 5) is 4.47. The molecule has 108 valence electrons. The van der Waals surface area contributed by atoms with Crippen LogP contribution in [0.3, 0.4) is 0 Å². The molecule has 1 unspecified atom stereocenters. The minimum atomic E-state index is -0.331. The van der Waals surface area contributed by atoms with E-state index in [0.29, 0.717) is 0 Å². The van der Waals surface area contributed by atoms with Gasteiger partial charge in [-0.15, -0.1) is 11.3 Å². The monoisotopic (exact) mass is 294 g/mol. The quantitative estimate of drug-likeness (QED) is 0.885. The molecule has 1 heterocycles. The summed E-state index contributed by atoms with van der Waals surface area (Å²) in [5, 5.41) is 6.49. The lowest BCUT2D eigenvalue weighted by Gasteiger charge is -2.18. The summed E-state index contributed by atoms with van der Waals surface area (Å²) in [5.41, 5.74) is 1.95. The van der Waals surface area contributed by atoms with E-state index in [-0.39, 0.29) is 17.6 Å². The summed E-state index contributed by atoms with van der Waals surface area (Å²) in [6.45, 7) is 4.85. The summed E-state index contributed by atoms with van der Waals surface area (Å²) in [6, 6.07) is 5.16. The van der Waals surface area contributed by atoms with Crippen LogP contribution in [0.4, 0.5) is 4.39 Å². The van der Waals surface area contributed by atoms with Gasteiger partial charge in [0.05, 0.1) is 17.8 Å². The zero-order valence-corrected chi connectivity index (χ0v) is 12.8. The SMILES string of the molecule is CCNC(Cc1csc(C)n1)c1ccc(OC)c(F)c1. The lowest BCUT2D eigenvalue weighted by molar-refractivity contribution is 0.385. The third-order valence-electron chi connectivity index (χ3n) is 3.11. The maximum atomic E-state index is 13.8. The van der Waals surface area contributed by atoms with E-state index in [4.69, 9.17) is 4.74 Å². The highest BCUT2D eigenvalue weighted by Crippen LogP contribution is 2.24. The molecule has 0 saturated carbocycles. The van der Waals surface area contributed by atoms with Crippen LogP contribution >= 0.6 is 11.3 Å². The molecular weight excluding hydrogens is 275 g/mol. The lowest BCUT2D eigenvalue weighted by Crippen LogP contribution is -2.23. The number of likely N-dealkylation sites (N-methyl/N-ethyl adjacent to an activating group) is 1. The molecule has 0 radical (unpaired) electrons. The Morgan fingerprint density at radius 3 is 2.80 bits per heavy atom. The Kier molecular flexibility index (Phi) is 5.09. The van der Waals surface area contributed by atoms with Crippen molar-refractivity contribution in [3.05, 3.63) is 45.7 Å². The Balaban J connectivity index is 2.21. The molecule has 20 heavy (non-hydrogen) atoms. The van der Waals surface area contributed by atoms with Gasteiger partial charge in [0.25, 0.3) is 0 Å². The first-order valence-electron chi connectivity index (χ1n) is 6.61. The largest absolute Gasteiger partial charge is 0.494 e. The van der Waals surface area contributed by atoms with Crippen LogP contribution in [-0.4, -0.2) is 18.6 Å². The molecule has 1 aromatic heterocycles.